The van der Waals surface area contributed by atoms with Crippen molar-refractivity contribution in [2.24, 2.45) is 5.41 Å². The normalized spacial score (nSPS) is 19.0. The van der Waals surface area contributed by atoms with Gasteiger partial charge in [0, 0.05) is 19.1 Å². The predicted octanol–water partition coefficient (Wildman–Crippen LogP) is 3.69. The largest absolute Gasteiger partial charge is 0.481 e. The number of ether oxygens (including phenoxy) is 2. The number of carbonyl (C=O) groups excluding carboxylic acids is 2. The summed E-state index contributed by atoms with van der Waals surface area (Å²) in [4.78, 5) is 37.1. The summed E-state index contributed by atoms with van der Waals surface area (Å²) >= 11 is 0. The molecule has 0 spiro atoms. The fourth-order valence-electron chi connectivity index (χ4n) is 5.02. The van der Waals surface area contributed by atoms with Crippen LogP contribution in [0.2, 0.25) is 0 Å². The van der Waals surface area contributed by atoms with Crippen molar-refractivity contribution in [3.63, 3.8) is 0 Å². The van der Waals surface area contributed by atoms with E-state index in [0.717, 1.165) is 22.3 Å². The van der Waals surface area contributed by atoms with Crippen LogP contribution in [0.4, 0.5) is 4.79 Å². The van der Waals surface area contributed by atoms with Crippen LogP contribution in [0.15, 0.2) is 48.5 Å². The first kappa shape index (κ1) is 24.7. The number of carboxylic acid groups (broad SMARTS) is 1. The SMILES string of the molecule is CCC(CC)(CNC(=O)[C@H]1OCC[C@H]1NC(=O)OCC1c2ccccc2-c2ccccc21)C(=O)O. The molecule has 186 valence electrons. The van der Waals surface area contributed by atoms with Crippen molar-refractivity contribution < 1.29 is 29.0 Å². The number of amides is 2. The average molecular weight is 481 g/mol. The molecule has 1 fully saturated rings. The molecule has 0 saturated carbocycles. The zero-order valence-electron chi connectivity index (χ0n) is 20.1. The van der Waals surface area contributed by atoms with Gasteiger partial charge in [0.25, 0.3) is 5.91 Å². The summed E-state index contributed by atoms with van der Waals surface area (Å²) in [5.41, 5.74) is 3.52. The van der Waals surface area contributed by atoms with Gasteiger partial charge in [0.15, 0.2) is 6.10 Å². The molecule has 1 aliphatic heterocycles. The third-order valence-corrected chi connectivity index (χ3v) is 7.41. The van der Waals surface area contributed by atoms with Gasteiger partial charge in [-0.15, -0.1) is 0 Å². The number of alkyl carbamates (subject to hydrolysis) is 1. The maximum atomic E-state index is 12.8. The van der Waals surface area contributed by atoms with Crippen LogP contribution in [-0.4, -0.2) is 55.0 Å². The van der Waals surface area contributed by atoms with E-state index in [1.165, 1.54) is 0 Å². The minimum absolute atomic E-state index is 0.00565. The first-order chi connectivity index (χ1) is 16.9. The van der Waals surface area contributed by atoms with E-state index in [-0.39, 0.29) is 19.1 Å². The molecule has 4 rings (SSSR count). The summed E-state index contributed by atoms with van der Waals surface area (Å²) in [6.07, 6.45) is -0.246. The molecule has 8 nitrogen and oxygen atoms in total. The fourth-order valence-corrected chi connectivity index (χ4v) is 5.02. The van der Waals surface area contributed by atoms with Crippen LogP contribution in [0.1, 0.15) is 50.2 Å². The topological polar surface area (TPSA) is 114 Å². The number of aliphatic carboxylic acids is 1. The second-order valence-corrected chi connectivity index (χ2v) is 9.17. The van der Waals surface area contributed by atoms with E-state index in [1.807, 2.05) is 24.3 Å². The van der Waals surface area contributed by atoms with Crippen LogP contribution in [0, 0.1) is 5.41 Å². The minimum atomic E-state index is -1.02. The van der Waals surface area contributed by atoms with Gasteiger partial charge in [0.05, 0.1) is 11.5 Å². The van der Waals surface area contributed by atoms with Crippen molar-refractivity contribution in [3.8, 4) is 11.1 Å². The van der Waals surface area contributed by atoms with Crippen molar-refractivity contribution in [2.45, 2.75) is 51.2 Å². The Morgan fingerprint density at radius 1 is 1.03 bits per heavy atom. The average Bonchev–Trinajstić information content (AvgIpc) is 3.46. The second kappa shape index (κ2) is 10.5. The highest BCUT2D eigenvalue weighted by atomic mass is 16.6. The fraction of sp³-hybridized carbons (Fsp3) is 0.444. The summed E-state index contributed by atoms with van der Waals surface area (Å²) < 4.78 is 11.2. The van der Waals surface area contributed by atoms with Gasteiger partial charge in [0.2, 0.25) is 0 Å². The third-order valence-electron chi connectivity index (χ3n) is 7.41. The Morgan fingerprint density at radius 3 is 2.20 bits per heavy atom. The summed E-state index contributed by atoms with van der Waals surface area (Å²) in [5, 5.41) is 15.1. The summed E-state index contributed by atoms with van der Waals surface area (Å²) in [7, 11) is 0. The summed E-state index contributed by atoms with van der Waals surface area (Å²) in [6.45, 7) is 4.08. The van der Waals surface area contributed by atoms with E-state index in [1.54, 1.807) is 13.8 Å². The molecule has 2 aliphatic rings. The smallest absolute Gasteiger partial charge is 0.407 e. The first-order valence-electron chi connectivity index (χ1n) is 12.1. The van der Waals surface area contributed by atoms with E-state index in [9.17, 15) is 19.5 Å². The Bertz CT molecular complexity index is 1050. The van der Waals surface area contributed by atoms with Crippen LogP contribution >= 0.6 is 0 Å². The zero-order valence-corrected chi connectivity index (χ0v) is 20.1. The molecule has 2 aromatic rings. The molecule has 2 amide bonds. The minimum Gasteiger partial charge on any atom is -0.481 e. The summed E-state index contributed by atoms with van der Waals surface area (Å²) in [5.74, 6) is -1.43. The van der Waals surface area contributed by atoms with E-state index in [0.29, 0.717) is 25.9 Å². The van der Waals surface area contributed by atoms with Gasteiger partial charge >= 0.3 is 12.1 Å². The van der Waals surface area contributed by atoms with Crippen molar-refractivity contribution in [3.05, 3.63) is 59.7 Å². The van der Waals surface area contributed by atoms with Gasteiger partial charge < -0.3 is 25.2 Å². The summed E-state index contributed by atoms with van der Waals surface area (Å²) in [6, 6.07) is 15.7. The Hall–Kier alpha value is -3.39. The van der Waals surface area contributed by atoms with Gasteiger partial charge in [0.1, 0.15) is 6.61 Å². The Morgan fingerprint density at radius 2 is 1.63 bits per heavy atom. The van der Waals surface area contributed by atoms with Crippen LogP contribution in [-0.2, 0) is 19.1 Å². The van der Waals surface area contributed by atoms with Crippen LogP contribution in [0.25, 0.3) is 11.1 Å². The van der Waals surface area contributed by atoms with Crippen LogP contribution in [0.3, 0.4) is 0 Å². The third kappa shape index (κ3) is 4.89. The molecule has 1 saturated heterocycles. The number of hydrogen-bond acceptors (Lipinski definition) is 5. The molecule has 1 heterocycles. The molecular formula is C27H32N2O6. The first-order valence-corrected chi connectivity index (χ1v) is 12.1. The Kier molecular flexibility index (Phi) is 7.40. The molecule has 0 unspecified atom stereocenters. The highest BCUT2D eigenvalue weighted by molar-refractivity contribution is 5.84. The molecule has 2 atom stereocenters. The van der Waals surface area contributed by atoms with E-state index < -0.39 is 35.5 Å². The van der Waals surface area contributed by atoms with Gasteiger partial charge in [-0.1, -0.05) is 62.4 Å². The van der Waals surface area contributed by atoms with Gasteiger partial charge in [-0.05, 0) is 41.5 Å². The zero-order chi connectivity index (χ0) is 25.0. The molecule has 3 N–H and O–H groups in total. The lowest BCUT2D eigenvalue weighted by molar-refractivity contribution is -0.149. The lowest BCUT2D eigenvalue weighted by atomic mass is 9.82. The number of hydrogen-bond donors (Lipinski definition) is 3. The number of carbonyl (C=O) groups is 3. The van der Waals surface area contributed by atoms with E-state index in [4.69, 9.17) is 9.47 Å². The molecule has 0 radical (unpaired) electrons. The molecule has 35 heavy (non-hydrogen) atoms. The predicted molar refractivity (Wildman–Crippen MR) is 130 cm³/mol. The maximum absolute atomic E-state index is 12.8. The number of carboxylic acids is 1. The standard InChI is InChI=1S/C27H32N2O6/c1-3-27(4-2,25(31)32)16-28-24(30)23-22(13-14-34-23)29-26(33)35-15-21-19-11-7-5-9-17(19)18-10-6-8-12-20(18)21/h5-12,21-23H,3-4,13-16H2,1-2H3,(H,28,30)(H,29,33)(H,31,32)/t22-,23+/m1/s1. The number of benzene rings is 2. The van der Waals surface area contributed by atoms with Gasteiger partial charge in [-0.25, -0.2) is 4.79 Å². The molecule has 1 aliphatic carbocycles. The Balaban J connectivity index is 1.34. The number of nitrogens with one attached hydrogen (secondary N) is 2. The highest BCUT2D eigenvalue weighted by Gasteiger charge is 2.39. The number of rotatable bonds is 9. The van der Waals surface area contributed by atoms with Crippen LogP contribution in [0.5, 0.6) is 0 Å². The number of fused-ring (bicyclic) bond motifs is 3. The molecular weight excluding hydrogens is 448 g/mol. The van der Waals surface area contributed by atoms with E-state index in [2.05, 4.69) is 34.9 Å². The Labute approximate surface area is 205 Å². The van der Waals surface area contributed by atoms with Crippen molar-refractivity contribution in [2.75, 3.05) is 19.8 Å². The molecule has 0 aromatic heterocycles. The van der Waals surface area contributed by atoms with Crippen molar-refractivity contribution in [1.82, 2.24) is 10.6 Å². The van der Waals surface area contributed by atoms with E-state index >= 15 is 0 Å². The molecule has 0 bridgehead atoms. The molecule has 8 heteroatoms. The van der Waals surface area contributed by atoms with Gasteiger partial charge in [-0.3, -0.25) is 9.59 Å². The highest BCUT2D eigenvalue weighted by Crippen LogP contribution is 2.44. The quantitative estimate of drug-likeness (QED) is 0.504. The van der Waals surface area contributed by atoms with Crippen molar-refractivity contribution >= 4 is 18.0 Å². The van der Waals surface area contributed by atoms with Crippen LogP contribution < -0.4 is 10.6 Å². The van der Waals surface area contributed by atoms with Gasteiger partial charge in [-0.2, -0.15) is 0 Å². The maximum Gasteiger partial charge on any atom is 0.407 e. The molecule has 2 aromatic carbocycles. The lowest BCUT2D eigenvalue weighted by Crippen LogP contribution is -2.51. The second-order valence-electron chi connectivity index (χ2n) is 9.17. The van der Waals surface area contributed by atoms with Crippen molar-refractivity contribution in [1.29, 1.82) is 0 Å². The monoisotopic (exact) mass is 480 g/mol. The lowest BCUT2D eigenvalue weighted by Gasteiger charge is -2.28.